The van der Waals surface area contributed by atoms with Crippen LogP contribution in [0.2, 0.25) is 0 Å². The highest BCUT2D eigenvalue weighted by atomic mass is 19.1. The number of aryl methyl sites for hydroxylation is 1. The summed E-state index contributed by atoms with van der Waals surface area (Å²) >= 11 is 0. The summed E-state index contributed by atoms with van der Waals surface area (Å²) in [7, 11) is 0. The smallest absolute Gasteiger partial charge is 0.280 e. The highest BCUT2D eigenvalue weighted by Crippen LogP contribution is 2.24. The summed E-state index contributed by atoms with van der Waals surface area (Å²) in [6.07, 6.45) is 3.81. The fraction of sp³-hybridized carbons (Fsp3) is 0.208. The molecule has 174 valence electrons. The maximum absolute atomic E-state index is 13.7. The summed E-state index contributed by atoms with van der Waals surface area (Å²) in [6.45, 7) is 3.96. The van der Waals surface area contributed by atoms with Crippen LogP contribution < -0.4 is 22.0 Å². The van der Waals surface area contributed by atoms with Gasteiger partial charge < -0.3 is 11.1 Å². The fourth-order valence-electron chi connectivity index (χ4n) is 3.71. The van der Waals surface area contributed by atoms with Gasteiger partial charge in [0.15, 0.2) is 11.6 Å². The predicted molar refractivity (Wildman–Crippen MR) is 132 cm³/mol. The van der Waals surface area contributed by atoms with Gasteiger partial charge in [0.25, 0.3) is 5.56 Å². The minimum atomic E-state index is -0.389. The molecule has 1 atom stereocenters. The molecule has 34 heavy (non-hydrogen) atoms. The third-order valence-corrected chi connectivity index (χ3v) is 5.38. The summed E-state index contributed by atoms with van der Waals surface area (Å²) in [5.74, 6) is 0.999. The quantitative estimate of drug-likeness (QED) is 0.269. The van der Waals surface area contributed by atoms with E-state index in [9.17, 15) is 9.18 Å². The molecule has 4 N–H and O–H groups in total. The number of aliphatic imine (C=N–C) groups is 1. The van der Waals surface area contributed by atoms with Gasteiger partial charge in [-0.05, 0) is 48.7 Å². The van der Waals surface area contributed by atoms with Crippen molar-refractivity contribution in [2.24, 2.45) is 10.7 Å². The third kappa shape index (κ3) is 4.70. The molecule has 0 fully saturated rings. The van der Waals surface area contributed by atoms with Crippen molar-refractivity contribution in [2.75, 3.05) is 10.7 Å². The third-order valence-electron chi connectivity index (χ3n) is 5.38. The molecule has 10 heteroatoms. The van der Waals surface area contributed by atoms with E-state index >= 15 is 0 Å². The first-order valence-electron chi connectivity index (χ1n) is 10.9. The Morgan fingerprint density at radius 2 is 1.97 bits per heavy atom. The van der Waals surface area contributed by atoms with Crippen molar-refractivity contribution in [3.8, 4) is 0 Å². The van der Waals surface area contributed by atoms with Gasteiger partial charge in [0.1, 0.15) is 18.0 Å². The maximum Gasteiger partial charge on any atom is 0.280 e. The van der Waals surface area contributed by atoms with Crippen LogP contribution in [0.5, 0.6) is 0 Å². The van der Waals surface area contributed by atoms with Gasteiger partial charge in [-0.1, -0.05) is 26.0 Å². The van der Waals surface area contributed by atoms with Gasteiger partial charge >= 0.3 is 0 Å². The van der Waals surface area contributed by atoms with E-state index in [1.54, 1.807) is 18.2 Å². The van der Waals surface area contributed by atoms with Crippen molar-refractivity contribution in [2.45, 2.75) is 32.7 Å². The molecule has 0 saturated carbocycles. The second-order valence-corrected chi connectivity index (χ2v) is 7.54. The van der Waals surface area contributed by atoms with Crippen molar-refractivity contribution in [1.29, 1.82) is 0 Å². The molecule has 0 amide bonds. The lowest BCUT2D eigenvalue weighted by Crippen LogP contribution is -2.34. The zero-order chi connectivity index (χ0) is 24.1. The second-order valence-electron chi connectivity index (χ2n) is 7.54. The molecule has 9 nitrogen and oxygen atoms in total. The van der Waals surface area contributed by atoms with Gasteiger partial charge in [0.2, 0.25) is 0 Å². The van der Waals surface area contributed by atoms with Crippen LogP contribution in [-0.2, 0) is 6.42 Å². The zero-order valence-corrected chi connectivity index (χ0v) is 18.9. The lowest BCUT2D eigenvalue weighted by atomic mass is 10.1. The number of rotatable bonds is 8. The number of hydrogen-bond acceptors (Lipinski definition) is 7. The number of nitrogens with one attached hydrogen (secondary N) is 2. The normalized spacial score (nSPS) is 12.2. The van der Waals surface area contributed by atoms with E-state index < -0.39 is 0 Å². The Bertz CT molecular complexity index is 1380. The monoisotopic (exact) mass is 460 g/mol. The first-order valence-corrected chi connectivity index (χ1v) is 10.9. The number of fused-ring (bicyclic) bond motifs is 1. The van der Waals surface area contributed by atoms with E-state index in [0.717, 1.165) is 11.9 Å². The highest BCUT2D eigenvalue weighted by Gasteiger charge is 2.21. The summed E-state index contributed by atoms with van der Waals surface area (Å²) in [4.78, 5) is 30.8. The Balaban J connectivity index is 1.85. The Morgan fingerprint density at radius 3 is 2.68 bits per heavy atom. The van der Waals surface area contributed by atoms with E-state index in [1.165, 1.54) is 23.1 Å². The van der Waals surface area contributed by atoms with Crippen LogP contribution in [0, 0.1) is 5.82 Å². The molecule has 0 saturated heterocycles. The van der Waals surface area contributed by atoms with Crippen LogP contribution in [0.4, 0.5) is 21.7 Å². The number of benzene rings is 2. The van der Waals surface area contributed by atoms with E-state index in [0.29, 0.717) is 46.9 Å². The molecule has 0 aliphatic carbocycles. The SMILES string of the molecule is CCc1cccc2nc(C(CC)Nc3cc(N=CN)ncn3)n(Nc3ccc(F)cc3)c(=O)c12. The minimum absolute atomic E-state index is 0.238. The maximum atomic E-state index is 13.7. The number of nitrogens with zero attached hydrogens (tertiary/aromatic N) is 5. The average molecular weight is 461 g/mol. The molecule has 1 unspecified atom stereocenters. The molecule has 0 aliphatic rings. The van der Waals surface area contributed by atoms with Crippen molar-refractivity contribution >= 4 is 34.6 Å². The molecule has 2 aromatic carbocycles. The summed E-state index contributed by atoms with van der Waals surface area (Å²) in [5, 5.41) is 3.85. The van der Waals surface area contributed by atoms with E-state index in [1.807, 2.05) is 32.0 Å². The van der Waals surface area contributed by atoms with Gasteiger partial charge in [-0.3, -0.25) is 10.2 Å². The van der Waals surface area contributed by atoms with Crippen LogP contribution in [-0.4, -0.2) is 26.0 Å². The number of hydrogen-bond donors (Lipinski definition) is 3. The molecule has 0 bridgehead atoms. The van der Waals surface area contributed by atoms with Crippen LogP contribution >= 0.6 is 0 Å². The molecular formula is C24H25FN8O. The van der Waals surface area contributed by atoms with E-state index in [-0.39, 0.29) is 17.4 Å². The van der Waals surface area contributed by atoms with Gasteiger partial charge in [0, 0.05) is 6.07 Å². The van der Waals surface area contributed by atoms with E-state index in [4.69, 9.17) is 10.7 Å². The molecule has 0 radical (unpaired) electrons. The topological polar surface area (TPSA) is 123 Å². The largest absolute Gasteiger partial charge is 0.390 e. The standard InChI is InChI=1S/C24H25FN8O/c1-3-15-6-5-7-19-22(15)24(34)33(32-17-10-8-16(25)9-11-17)23(31-19)18(4-2)30-21-12-20(27-13-26)28-14-29-21/h5-14,18,32H,3-4H2,1-2H3,(H3,26,27,28,29,30). The summed E-state index contributed by atoms with van der Waals surface area (Å²) in [5.41, 5.74) is 10.3. The molecule has 0 spiro atoms. The Kier molecular flexibility index (Phi) is 6.77. The number of halogens is 1. The van der Waals surface area contributed by atoms with Crippen LogP contribution in [0.25, 0.3) is 10.9 Å². The Labute approximate surface area is 195 Å². The molecule has 2 aromatic heterocycles. The Morgan fingerprint density at radius 1 is 1.18 bits per heavy atom. The number of anilines is 2. The van der Waals surface area contributed by atoms with Gasteiger partial charge in [-0.25, -0.2) is 29.0 Å². The molecular weight excluding hydrogens is 435 g/mol. The molecule has 0 aliphatic heterocycles. The lowest BCUT2D eigenvalue weighted by molar-refractivity contribution is 0.626. The van der Waals surface area contributed by atoms with Crippen LogP contribution in [0.15, 0.2) is 64.6 Å². The van der Waals surface area contributed by atoms with E-state index in [2.05, 4.69) is 25.7 Å². The predicted octanol–water partition coefficient (Wildman–Crippen LogP) is 3.94. The first-order chi connectivity index (χ1) is 16.5. The van der Waals surface area contributed by atoms with Gasteiger partial charge in [-0.2, -0.15) is 0 Å². The lowest BCUT2D eigenvalue weighted by Gasteiger charge is -2.23. The van der Waals surface area contributed by atoms with Crippen molar-refractivity contribution in [1.82, 2.24) is 19.6 Å². The zero-order valence-electron chi connectivity index (χ0n) is 18.9. The minimum Gasteiger partial charge on any atom is -0.390 e. The van der Waals surface area contributed by atoms with Crippen molar-refractivity contribution in [3.63, 3.8) is 0 Å². The van der Waals surface area contributed by atoms with Gasteiger partial charge in [-0.15, -0.1) is 0 Å². The number of nitrogens with two attached hydrogens (primary N) is 1. The molecule has 4 rings (SSSR count). The molecule has 4 aromatic rings. The van der Waals surface area contributed by atoms with Crippen molar-refractivity contribution in [3.05, 3.63) is 82.4 Å². The molecule has 2 heterocycles. The van der Waals surface area contributed by atoms with Crippen LogP contribution in [0.1, 0.15) is 37.7 Å². The Hall–Kier alpha value is -4.34. The van der Waals surface area contributed by atoms with Crippen molar-refractivity contribution < 1.29 is 4.39 Å². The first kappa shape index (κ1) is 22.8. The fourth-order valence-corrected chi connectivity index (χ4v) is 3.71. The van der Waals surface area contributed by atoms with Gasteiger partial charge in [0.05, 0.1) is 29.0 Å². The highest BCUT2D eigenvalue weighted by molar-refractivity contribution is 5.81. The second kappa shape index (κ2) is 10.1. The number of aromatic nitrogens is 4. The van der Waals surface area contributed by atoms with Crippen LogP contribution in [0.3, 0.4) is 0 Å². The summed E-state index contributed by atoms with van der Waals surface area (Å²) < 4.78 is 14.9. The average Bonchev–Trinajstić information content (AvgIpc) is 2.85. The summed E-state index contributed by atoms with van der Waals surface area (Å²) in [6, 6.07) is 12.7.